The molecule has 15 heavy (non-hydrogen) atoms. The molecule has 0 amide bonds. The lowest BCUT2D eigenvalue weighted by atomic mass is 10.1. The first-order chi connectivity index (χ1) is 7.27. The van der Waals surface area contributed by atoms with Gasteiger partial charge in [-0.25, -0.2) is 4.79 Å². The molecule has 0 spiro atoms. The van der Waals surface area contributed by atoms with Crippen molar-refractivity contribution in [3.8, 4) is 0 Å². The molecule has 82 valence electrons. The zero-order valence-electron chi connectivity index (χ0n) is 9.45. The summed E-state index contributed by atoms with van der Waals surface area (Å²) in [7, 11) is 0. The molecule has 0 N–H and O–H groups in total. The van der Waals surface area contributed by atoms with Gasteiger partial charge in [-0.2, -0.15) is 0 Å². The summed E-state index contributed by atoms with van der Waals surface area (Å²) < 4.78 is 5.13. The van der Waals surface area contributed by atoms with Crippen LogP contribution in [-0.4, -0.2) is 12.6 Å². The van der Waals surface area contributed by atoms with Gasteiger partial charge in [0.05, 0.1) is 12.2 Å². The van der Waals surface area contributed by atoms with Crippen LogP contribution in [0.5, 0.6) is 0 Å². The van der Waals surface area contributed by atoms with E-state index in [2.05, 4.69) is 13.8 Å². The summed E-state index contributed by atoms with van der Waals surface area (Å²) in [6.07, 6.45) is 2.91. The number of hydrogen-bond acceptors (Lipinski definition) is 2. The smallest absolute Gasteiger partial charge is 0.338 e. The van der Waals surface area contributed by atoms with Crippen LogP contribution in [0.25, 0.3) is 0 Å². The largest absolute Gasteiger partial charge is 0.462 e. The molecule has 0 fully saturated rings. The quantitative estimate of drug-likeness (QED) is 0.546. The van der Waals surface area contributed by atoms with Gasteiger partial charge in [-0.05, 0) is 30.5 Å². The minimum Gasteiger partial charge on any atom is -0.462 e. The molecule has 0 saturated heterocycles. The van der Waals surface area contributed by atoms with Crippen LogP contribution in [0.15, 0.2) is 24.3 Å². The van der Waals surface area contributed by atoms with Crippen molar-refractivity contribution in [2.45, 2.75) is 33.1 Å². The van der Waals surface area contributed by atoms with Crippen molar-refractivity contribution in [2.24, 2.45) is 0 Å². The van der Waals surface area contributed by atoms with Gasteiger partial charge in [0.2, 0.25) is 0 Å². The monoisotopic (exact) mass is 206 g/mol. The molecule has 0 atom stereocenters. The zero-order chi connectivity index (χ0) is 11.1. The van der Waals surface area contributed by atoms with E-state index in [4.69, 9.17) is 4.74 Å². The molecule has 1 aromatic rings. The molecule has 0 aliphatic heterocycles. The van der Waals surface area contributed by atoms with Gasteiger partial charge < -0.3 is 4.74 Å². The molecule has 0 radical (unpaired) electrons. The van der Waals surface area contributed by atoms with E-state index < -0.39 is 0 Å². The van der Waals surface area contributed by atoms with E-state index in [1.54, 1.807) is 6.07 Å². The Bertz CT molecular complexity index is 318. The lowest BCUT2D eigenvalue weighted by molar-refractivity contribution is 0.0499. The molecule has 0 aliphatic rings. The Morgan fingerprint density at radius 1 is 1.33 bits per heavy atom. The highest BCUT2D eigenvalue weighted by molar-refractivity contribution is 5.89. The molecule has 0 heterocycles. The van der Waals surface area contributed by atoms with Crippen LogP contribution in [0.3, 0.4) is 0 Å². The number of carbonyl (C=O) groups excluding carboxylic acids is 1. The van der Waals surface area contributed by atoms with E-state index in [0.29, 0.717) is 12.2 Å². The number of rotatable bonds is 5. The summed E-state index contributed by atoms with van der Waals surface area (Å²) in [4.78, 5) is 11.6. The molecule has 1 rings (SSSR count). The first-order valence-electron chi connectivity index (χ1n) is 5.54. The molecule has 1 aromatic carbocycles. The summed E-state index contributed by atoms with van der Waals surface area (Å²) in [5, 5.41) is 0. The van der Waals surface area contributed by atoms with Crippen LogP contribution in [0, 0.1) is 0 Å². The predicted molar refractivity (Wildman–Crippen MR) is 61.0 cm³/mol. The third kappa shape index (κ3) is 3.74. The zero-order valence-corrected chi connectivity index (χ0v) is 9.45. The van der Waals surface area contributed by atoms with Crippen molar-refractivity contribution >= 4 is 5.97 Å². The Morgan fingerprint density at radius 2 is 2.13 bits per heavy atom. The molecule has 0 aromatic heterocycles. The van der Waals surface area contributed by atoms with Crippen molar-refractivity contribution in [1.29, 1.82) is 0 Å². The van der Waals surface area contributed by atoms with Gasteiger partial charge in [0.25, 0.3) is 0 Å². The highest BCUT2D eigenvalue weighted by atomic mass is 16.5. The van der Waals surface area contributed by atoms with Gasteiger partial charge in [0, 0.05) is 0 Å². The summed E-state index contributed by atoms with van der Waals surface area (Å²) in [6, 6.07) is 7.61. The number of unbranched alkanes of at least 4 members (excludes halogenated alkanes) is 1. The van der Waals surface area contributed by atoms with Gasteiger partial charge >= 0.3 is 5.97 Å². The predicted octanol–water partition coefficient (Wildman–Crippen LogP) is 3.21. The fourth-order valence-corrected chi connectivity index (χ4v) is 1.31. The van der Waals surface area contributed by atoms with Crippen molar-refractivity contribution in [3.63, 3.8) is 0 Å². The SMILES string of the molecule is CCCCOC(=O)c1cccc(CC)c1. The van der Waals surface area contributed by atoms with Gasteiger partial charge in [-0.3, -0.25) is 0 Å². The molecule has 0 aliphatic carbocycles. The van der Waals surface area contributed by atoms with Crippen molar-refractivity contribution < 1.29 is 9.53 Å². The molecule has 2 nitrogen and oxygen atoms in total. The average molecular weight is 206 g/mol. The van der Waals surface area contributed by atoms with Gasteiger partial charge in [0.15, 0.2) is 0 Å². The molecule has 0 bridgehead atoms. The third-order valence-corrected chi connectivity index (χ3v) is 2.30. The first-order valence-corrected chi connectivity index (χ1v) is 5.54. The molecular formula is C13H18O2. The summed E-state index contributed by atoms with van der Waals surface area (Å²) in [6.45, 7) is 4.67. The van der Waals surface area contributed by atoms with Gasteiger partial charge in [0.1, 0.15) is 0 Å². The standard InChI is InChI=1S/C13H18O2/c1-3-5-9-15-13(14)12-8-6-7-11(4-2)10-12/h6-8,10H,3-5,9H2,1-2H3. The maximum absolute atomic E-state index is 11.6. The van der Waals surface area contributed by atoms with Gasteiger partial charge in [-0.15, -0.1) is 0 Å². The lowest BCUT2D eigenvalue weighted by Gasteiger charge is -2.04. The van der Waals surface area contributed by atoms with Gasteiger partial charge in [-0.1, -0.05) is 32.4 Å². The van der Waals surface area contributed by atoms with Crippen LogP contribution >= 0.6 is 0 Å². The number of ether oxygens (including phenoxy) is 1. The van der Waals surface area contributed by atoms with Crippen LogP contribution < -0.4 is 0 Å². The van der Waals surface area contributed by atoms with Crippen molar-refractivity contribution in [2.75, 3.05) is 6.61 Å². The van der Waals surface area contributed by atoms with E-state index in [1.165, 1.54) is 5.56 Å². The Labute approximate surface area is 91.3 Å². The number of aryl methyl sites for hydroxylation is 1. The lowest BCUT2D eigenvalue weighted by Crippen LogP contribution is -2.06. The van der Waals surface area contributed by atoms with E-state index in [1.807, 2.05) is 18.2 Å². The number of hydrogen-bond donors (Lipinski definition) is 0. The second-order valence-corrected chi connectivity index (χ2v) is 3.54. The van der Waals surface area contributed by atoms with Crippen molar-refractivity contribution in [1.82, 2.24) is 0 Å². The first kappa shape index (κ1) is 11.8. The summed E-state index contributed by atoms with van der Waals surface area (Å²) in [5.41, 5.74) is 1.82. The number of carbonyl (C=O) groups is 1. The maximum atomic E-state index is 11.6. The minimum atomic E-state index is -0.209. The Morgan fingerprint density at radius 3 is 2.80 bits per heavy atom. The van der Waals surface area contributed by atoms with Crippen LogP contribution in [0.4, 0.5) is 0 Å². The average Bonchev–Trinajstić information content (AvgIpc) is 2.29. The molecule has 0 unspecified atom stereocenters. The van der Waals surface area contributed by atoms with E-state index in [0.717, 1.165) is 19.3 Å². The Hall–Kier alpha value is -1.31. The van der Waals surface area contributed by atoms with E-state index >= 15 is 0 Å². The van der Waals surface area contributed by atoms with E-state index in [-0.39, 0.29) is 5.97 Å². The molecular weight excluding hydrogens is 188 g/mol. The van der Waals surface area contributed by atoms with Crippen LogP contribution in [0.2, 0.25) is 0 Å². The number of benzene rings is 1. The summed E-state index contributed by atoms with van der Waals surface area (Å²) in [5.74, 6) is -0.209. The maximum Gasteiger partial charge on any atom is 0.338 e. The van der Waals surface area contributed by atoms with Crippen LogP contribution in [0.1, 0.15) is 42.6 Å². The normalized spacial score (nSPS) is 10.0. The fraction of sp³-hybridized carbons (Fsp3) is 0.462. The second kappa shape index (κ2) is 6.23. The van der Waals surface area contributed by atoms with Crippen LogP contribution in [-0.2, 0) is 11.2 Å². The fourth-order valence-electron chi connectivity index (χ4n) is 1.31. The molecule has 2 heteroatoms. The topological polar surface area (TPSA) is 26.3 Å². The minimum absolute atomic E-state index is 0.209. The second-order valence-electron chi connectivity index (χ2n) is 3.54. The Balaban J connectivity index is 2.57. The third-order valence-electron chi connectivity index (χ3n) is 2.30. The highest BCUT2D eigenvalue weighted by Gasteiger charge is 2.06. The summed E-state index contributed by atoms with van der Waals surface area (Å²) >= 11 is 0. The number of esters is 1. The Kier molecular flexibility index (Phi) is 4.88. The van der Waals surface area contributed by atoms with E-state index in [9.17, 15) is 4.79 Å². The molecule has 0 saturated carbocycles. The van der Waals surface area contributed by atoms with Crippen molar-refractivity contribution in [3.05, 3.63) is 35.4 Å². The highest BCUT2D eigenvalue weighted by Crippen LogP contribution is 2.07.